The Kier molecular flexibility index (Phi) is 3.07. The van der Waals surface area contributed by atoms with E-state index < -0.39 is 0 Å². The Morgan fingerprint density at radius 1 is 1.36 bits per heavy atom. The highest BCUT2D eigenvalue weighted by Gasteiger charge is 2.66. The molecule has 1 atom stereocenters. The Morgan fingerprint density at radius 3 is 2.14 bits per heavy atom. The summed E-state index contributed by atoms with van der Waals surface area (Å²) in [5.41, 5.74) is 3.78. The molecule has 2 nitrogen and oxygen atoms in total. The summed E-state index contributed by atoms with van der Waals surface area (Å²) in [6.07, 6.45) is 4.10. The molecule has 0 heterocycles. The first kappa shape index (κ1) is 11.7. The molecule has 0 aromatic carbocycles. The van der Waals surface area contributed by atoms with Gasteiger partial charge in [0.2, 0.25) is 0 Å². The van der Waals surface area contributed by atoms with Gasteiger partial charge in [-0.05, 0) is 29.6 Å². The number of hydrazine groups is 1. The van der Waals surface area contributed by atoms with E-state index in [0.29, 0.717) is 22.8 Å². The second kappa shape index (κ2) is 3.67. The van der Waals surface area contributed by atoms with Gasteiger partial charge in [0, 0.05) is 6.04 Å². The first-order valence-electron chi connectivity index (χ1n) is 5.46. The predicted octanol–water partition coefficient (Wildman–Crippen LogP) is 2.47. The highest BCUT2D eigenvalue weighted by Crippen LogP contribution is 2.69. The lowest BCUT2D eigenvalue weighted by molar-refractivity contribution is 0.385. The molecule has 0 amide bonds. The molecule has 0 aliphatic heterocycles. The molecule has 0 aromatic heterocycles. The van der Waals surface area contributed by atoms with E-state index in [1.807, 2.05) is 6.08 Å². The van der Waals surface area contributed by atoms with Crippen molar-refractivity contribution in [3.05, 3.63) is 12.7 Å². The summed E-state index contributed by atoms with van der Waals surface area (Å²) in [4.78, 5) is 0. The fourth-order valence-electron chi connectivity index (χ4n) is 2.90. The van der Waals surface area contributed by atoms with Crippen molar-refractivity contribution in [2.24, 2.45) is 22.6 Å². The van der Waals surface area contributed by atoms with E-state index in [9.17, 15) is 0 Å². The van der Waals surface area contributed by atoms with E-state index in [4.69, 9.17) is 5.84 Å². The fourth-order valence-corrected chi connectivity index (χ4v) is 2.90. The largest absolute Gasteiger partial charge is 0.271 e. The van der Waals surface area contributed by atoms with Crippen molar-refractivity contribution in [1.82, 2.24) is 5.43 Å². The summed E-state index contributed by atoms with van der Waals surface area (Å²) in [6.45, 7) is 13.1. The van der Waals surface area contributed by atoms with E-state index in [0.717, 1.165) is 12.8 Å². The maximum absolute atomic E-state index is 5.61. The zero-order valence-corrected chi connectivity index (χ0v) is 9.93. The molecule has 1 aliphatic rings. The normalized spacial score (nSPS) is 25.8. The standard InChI is InChI=1S/C12H24N2/c1-6-7-8-9(14-13)10-11(2,3)12(10,4)5/h6,9-10,14H,1,7-8,13H2,2-5H3. The monoisotopic (exact) mass is 196 g/mol. The van der Waals surface area contributed by atoms with E-state index in [1.54, 1.807) is 0 Å². The van der Waals surface area contributed by atoms with Crippen LogP contribution in [0.3, 0.4) is 0 Å². The molecule has 1 unspecified atom stereocenters. The first-order valence-corrected chi connectivity index (χ1v) is 5.46. The smallest absolute Gasteiger partial charge is 0.0252 e. The first-order chi connectivity index (χ1) is 6.39. The van der Waals surface area contributed by atoms with Gasteiger partial charge in [0.05, 0.1) is 0 Å². The van der Waals surface area contributed by atoms with Gasteiger partial charge in [0.15, 0.2) is 0 Å². The molecule has 0 saturated heterocycles. The van der Waals surface area contributed by atoms with Gasteiger partial charge in [-0.15, -0.1) is 6.58 Å². The van der Waals surface area contributed by atoms with Crippen LogP contribution in [0.1, 0.15) is 40.5 Å². The lowest BCUT2D eigenvalue weighted by atomic mass is 10.0. The summed E-state index contributed by atoms with van der Waals surface area (Å²) in [6, 6.07) is 0.429. The van der Waals surface area contributed by atoms with Crippen LogP contribution in [-0.2, 0) is 0 Å². The SMILES string of the molecule is C=CCCC(NN)C1C(C)(C)C1(C)C. The minimum atomic E-state index is 0.408. The molecule has 0 aromatic rings. The third kappa shape index (κ3) is 1.61. The van der Waals surface area contributed by atoms with Gasteiger partial charge in [-0.2, -0.15) is 0 Å². The van der Waals surface area contributed by atoms with Crippen LogP contribution >= 0.6 is 0 Å². The van der Waals surface area contributed by atoms with Gasteiger partial charge in [-0.3, -0.25) is 11.3 Å². The fraction of sp³-hybridized carbons (Fsp3) is 0.833. The Labute approximate surface area is 87.9 Å². The van der Waals surface area contributed by atoms with Crippen LogP contribution < -0.4 is 11.3 Å². The molecule has 0 spiro atoms. The zero-order valence-electron chi connectivity index (χ0n) is 9.93. The van der Waals surface area contributed by atoms with Crippen molar-refractivity contribution in [1.29, 1.82) is 0 Å². The van der Waals surface area contributed by atoms with Crippen molar-refractivity contribution in [3.63, 3.8) is 0 Å². The lowest BCUT2D eigenvalue weighted by Gasteiger charge is -2.17. The third-order valence-corrected chi connectivity index (χ3v) is 4.43. The van der Waals surface area contributed by atoms with Crippen molar-refractivity contribution in [3.8, 4) is 0 Å². The Morgan fingerprint density at radius 2 is 1.86 bits per heavy atom. The number of nitrogens with one attached hydrogen (secondary N) is 1. The van der Waals surface area contributed by atoms with Gasteiger partial charge in [-0.25, -0.2) is 0 Å². The maximum Gasteiger partial charge on any atom is 0.0252 e. The highest BCUT2D eigenvalue weighted by atomic mass is 15.2. The predicted molar refractivity (Wildman–Crippen MR) is 61.6 cm³/mol. The average molecular weight is 196 g/mol. The summed E-state index contributed by atoms with van der Waals surface area (Å²) in [7, 11) is 0. The number of allylic oxidation sites excluding steroid dienone is 1. The molecule has 0 bridgehead atoms. The molecule has 1 saturated carbocycles. The second-order valence-corrected chi connectivity index (χ2v) is 5.56. The number of nitrogens with two attached hydrogens (primary N) is 1. The van der Waals surface area contributed by atoms with Gasteiger partial charge in [0.1, 0.15) is 0 Å². The summed E-state index contributed by atoms with van der Waals surface area (Å²) >= 11 is 0. The number of hydrogen-bond donors (Lipinski definition) is 2. The molecule has 14 heavy (non-hydrogen) atoms. The minimum absolute atomic E-state index is 0.408. The van der Waals surface area contributed by atoms with Crippen LogP contribution in [0.15, 0.2) is 12.7 Å². The third-order valence-electron chi connectivity index (χ3n) is 4.43. The van der Waals surface area contributed by atoms with Crippen LogP contribution in [0.4, 0.5) is 0 Å². The van der Waals surface area contributed by atoms with Crippen LogP contribution in [0.25, 0.3) is 0 Å². The molecule has 0 radical (unpaired) electrons. The van der Waals surface area contributed by atoms with Gasteiger partial charge >= 0.3 is 0 Å². The van der Waals surface area contributed by atoms with E-state index in [2.05, 4.69) is 39.7 Å². The average Bonchev–Trinajstić information content (AvgIpc) is 2.48. The molecule has 2 heteroatoms. The van der Waals surface area contributed by atoms with E-state index >= 15 is 0 Å². The minimum Gasteiger partial charge on any atom is -0.271 e. The van der Waals surface area contributed by atoms with Crippen molar-refractivity contribution in [2.45, 2.75) is 46.6 Å². The summed E-state index contributed by atoms with van der Waals surface area (Å²) < 4.78 is 0. The molecule has 1 fully saturated rings. The van der Waals surface area contributed by atoms with Gasteiger partial charge in [0.25, 0.3) is 0 Å². The second-order valence-electron chi connectivity index (χ2n) is 5.56. The Bertz CT molecular complexity index is 204. The van der Waals surface area contributed by atoms with Gasteiger partial charge in [-0.1, -0.05) is 33.8 Å². The molecular weight excluding hydrogens is 172 g/mol. The van der Waals surface area contributed by atoms with Crippen LogP contribution in [0.5, 0.6) is 0 Å². The topological polar surface area (TPSA) is 38.0 Å². The Hall–Kier alpha value is -0.340. The van der Waals surface area contributed by atoms with Crippen molar-refractivity contribution in [2.75, 3.05) is 0 Å². The van der Waals surface area contributed by atoms with Crippen LogP contribution in [0, 0.1) is 16.7 Å². The maximum atomic E-state index is 5.61. The van der Waals surface area contributed by atoms with Gasteiger partial charge < -0.3 is 0 Å². The molecule has 1 rings (SSSR count). The van der Waals surface area contributed by atoms with Crippen LogP contribution in [-0.4, -0.2) is 6.04 Å². The number of hydrogen-bond acceptors (Lipinski definition) is 2. The number of rotatable bonds is 5. The molecule has 3 N–H and O–H groups in total. The lowest BCUT2D eigenvalue weighted by Crippen LogP contribution is -2.38. The van der Waals surface area contributed by atoms with E-state index in [1.165, 1.54) is 0 Å². The molecule has 1 aliphatic carbocycles. The quantitative estimate of drug-likeness (QED) is 0.403. The summed E-state index contributed by atoms with van der Waals surface area (Å²) in [5.74, 6) is 6.29. The van der Waals surface area contributed by atoms with E-state index in [-0.39, 0.29) is 0 Å². The zero-order chi connectivity index (χ0) is 11.0. The van der Waals surface area contributed by atoms with Crippen LogP contribution in [0.2, 0.25) is 0 Å². The highest BCUT2D eigenvalue weighted by molar-refractivity contribution is 5.16. The molecular formula is C12H24N2. The van der Waals surface area contributed by atoms with Crippen molar-refractivity contribution >= 4 is 0 Å². The van der Waals surface area contributed by atoms with Crippen molar-refractivity contribution < 1.29 is 0 Å². The molecule has 82 valence electrons. The summed E-state index contributed by atoms with van der Waals surface area (Å²) in [5, 5.41) is 0. The Balaban J connectivity index is 2.60.